The van der Waals surface area contributed by atoms with Crippen LogP contribution in [0.4, 0.5) is 5.69 Å². The Hall–Kier alpha value is -2.54. The summed E-state index contributed by atoms with van der Waals surface area (Å²) < 4.78 is 31.2. The lowest BCUT2D eigenvalue weighted by Gasteiger charge is -2.15. The summed E-state index contributed by atoms with van der Waals surface area (Å²) in [4.78, 5) is 11.8. The number of carbonyl (C=O) groups excluding carboxylic acids is 1. The zero-order chi connectivity index (χ0) is 17.6. The predicted octanol–water partition coefficient (Wildman–Crippen LogP) is 2.08. The standard InChI is InChI=1S/C17H20N2O4S/c1-3-18-16(20)12-19-14-10-7-11-15(23-2)17(14)24(21,22)13-8-5-4-6-9-13/h4-11,19H,3,12H2,1-2H3,(H,18,20). The van der Waals surface area contributed by atoms with E-state index in [0.717, 1.165) is 0 Å². The van der Waals surface area contributed by atoms with Gasteiger partial charge in [-0.15, -0.1) is 0 Å². The zero-order valence-corrected chi connectivity index (χ0v) is 14.4. The second-order valence-corrected chi connectivity index (χ2v) is 6.85. The summed E-state index contributed by atoms with van der Waals surface area (Å²) in [6.45, 7) is 2.29. The van der Waals surface area contributed by atoms with E-state index in [-0.39, 0.29) is 28.0 Å². The quantitative estimate of drug-likeness (QED) is 0.800. The third kappa shape index (κ3) is 3.86. The lowest BCUT2D eigenvalue weighted by molar-refractivity contribution is -0.119. The molecule has 6 nitrogen and oxygen atoms in total. The molecule has 0 radical (unpaired) electrons. The van der Waals surface area contributed by atoms with Gasteiger partial charge in [-0.1, -0.05) is 24.3 Å². The van der Waals surface area contributed by atoms with Crippen LogP contribution in [0.5, 0.6) is 5.75 Å². The molecule has 128 valence electrons. The van der Waals surface area contributed by atoms with Crippen molar-refractivity contribution in [3.63, 3.8) is 0 Å². The van der Waals surface area contributed by atoms with Crippen LogP contribution >= 0.6 is 0 Å². The molecular formula is C17H20N2O4S. The molecule has 2 N–H and O–H groups in total. The van der Waals surface area contributed by atoms with Gasteiger partial charge >= 0.3 is 0 Å². The summed E-state index contributed by atoms with van der Waals surface area (Å²) in [5.74, 6) is 0.00290. The molecule has 1 amide bonds. The number of anilines is 1. The molecule has 0 aliphatic heterocycles. The molecule has 0 atom stereocenters. The van der Waals surface area contributed by atoms with Gasteiger partial charge in [0.2, 0.25) is 15.7 Å². The minimum Gasteiger partial charge on any atom is -0.495 e. The number of sulfone groups is 1. The summed E-state index contributed by atoms with van der Waals surface area (Å²) in [6.07, 6.45) is 0. The molecule has 2 aromatic carbocycles. The molecule has 0 fully saturated rings. The number of nitrogens with one attached hydrogen (secondary N) is 2. The van der Waals surface area contributed by atoms with Gasteiger partial charge in [0.15, 0.2) is 0 Å². The fourth-order valence-corrected chi connectivity index (χ4v) is 3.84. The Morgan fingerprint density at radius 3 is 2.42 bits per heavy atom. The van der Waals surface area contributed by atoms with Crippen LogP contribution in [0.15, 0.2) is 58.3 Å². The van der Waals surface area contributed by atoms with Gasteiger partial charge in [-0.3, -0.25) is 4.79 Å². The predicted molar refractivity (Wildman–Crippen MR) is 92.1 cm³/mol. The van der Waals surface area contributed by atoms with Crippen molar-refractivity contribution in [1.82, 2.24) is 5.32 Å². The molecule has 0 heterocycles. The second-order valence-electron chi connectivity index (χ2n) is 4.96. The SMILES string of the molecule is CCNC(=O)CNc1cccc(OC)c1S(=O)(=O)c1ccccc1. The molecule has 0 saturated heterocycles. The van der Waals surface area contributed by atoms with Gasteiger partial charge in [0.05, 0.1) is 24.2 Å². The third-order valence-corrected chi connectivity index (χ3v) is 5.19. The van der Waals surface area contributed by atoms with Crippen molar-refractivity contribution >= 4 is 21.4 Å². The van der Waals surface area contributed by atoms with Crippen LogP contribution in [0.25, 0.3) is 0 Å². The van der Waals surface area contributed by atoms with Crippen molar-refractivity contribution in [2.75, 3.05) is 25.5 Å². The van der Waals surface area contributed by atoms with Crippen molar-refractivity contribution in [1.29, 1.82) is 0 Å². The van der Waals surface area contributed by atoms with Crippen LogP contribution in [-0.2, 0) is 14.6 Å². The highest BCUT2D eigenvalue weighted by molar-refractivity contribution is 7.91. The molecule has 0 saturated carbocycles. The second kappa shape index (κ2) is 7.83. The fourth-order valence-electron chi connectivity index (χ4n) is 2.25. The number of benzene rings is 2. The minimum atomic E-state index is -3.79. The number of amides is 1. The van der Waals surface area contributed by atoms with Crippen molar-refractivity contribution in [3.05, 3.63) is 48.5 Å². The third-order valence-electron chi connectivity index (χ3n) is 3.33. The number of likely N-dealkylation sites (N-methyl/N-ethyl adjacent to an activating group) is 1. The van der Waals surface area contributed by atoms with Crippen molar-refractivity contribution in [3.8, 4) is 5.75 Å². The molecule has 2 aromatic rings. The fraction of sp³-hybridized carbons (Fsp3) is 0.235. The van der Waals surface area contributed by atoms with E-state index in [0.29, 0.717) is 12.2 Å². The largest absolute Gasteiger partial charge is 0.495 e. The number of carbonyl (C=O) groups is 1. The van der Waals surface area contributed by atoms with Crippen LogP contribution in [-0.4, -0.2) is 34.5 Å². The minimum absolute atomic E-state index is 0.0167. The van der Waals surface area contributed by atoms with Gasteiger partial charge < -0.3 is 15.4 Å². The first-order chi connectivity index (χ1) is 11.5. The summed E-state index contributed by atoms with van der Waals surface area (Å²) in [7, 11) is -2.38. The average Bonchev–Trinajstić information content (AvgIpc) is 2.60. The maximum Gasteiger partial charge on any atom is 0.239 e. The number of hydrogen-bond acceptors (Lipinski definition) is 5. The summed E-state index contributed by atoms with van der Waals surface area (Å²) in [5, 5.41) is 5.53. The Morgan fingerprint density at radius 1 is 1.08 bits per heavy atom. The Labute approximate surface area is 141 Å². The smallest absolute Gasteiger partial charge is 0.239 e. The maximum absolute atomic E-state index is 13.0. The summed E-state index contributed by atoms with van der Waals surface area (Å²) in [6, 6.07) is 13.0. The van der Waals surface area contributed by atoms with Crippen LogP contribution in [0.3, 0.4) is 0 Å². The van der Waals surface area contributed by atoms with E-state index in [1.165, 1.54) is 19.2 Å². The highest BCUT2D eigenvalue weighted by Crippen LogP contribution is 2.35. The van der Waals surface area contributed by atoms with Gasteiger partial charge in [0, 0.05) is 6.54 Å². The molecule has 7 heteroatoms. The molecule has 0 spiro atoms. The van der Waals surface area contributed by atoms with E-state index in [1.807, 2.05) is 6.92 Å². The Kier molecular flexibility index (Phi) is 5.81. The number of rotatable bonds is 7. The van der Waals surface area contributed by atoms with Gasteiger partial charge in [0.25, 0.3) is 0 Å². The molecular weight excluding hydrogens is 328 g/mol. The van der Waals surface area contributed by atoms with Crippen molar-refractivity contribution < 1.29 is 17.9 Å². The van der Waals surface area contributed by atoms with E-state index in [1.54, 1.807) is 36.4 Å². The van der Waals surface area contributed by atoms with Crippen molar-refractivity contribution in [2.24, 2.45) is 0 Å². The van der Waals surface area contributed by atoms with Gasteiger partial charge in [-0.05, 0) is 31.2 Å². The normalized spacial score (nSPS) is 10.9. The Morgan fingerprint density at radius 2 is 1.79 bits per heavy atom. The van der Waals surface area contributed by atoms with Gasteiger partial charge in [-0.2, -0.15) is 0 Å². The van der Waals surface area contributed by atoms with Gasteiger partial charge in [-0.25, -0.2) is 8.42 Å². The Bertz CT molecular complexity index is 805. The van der Waals surface area contributed by atoms with Crippen LogP contribution in [0, 0.1) is 0 Å². The van der Waals surface area contributed by atoms with Crippen LogP contribution in [0.2, 0.25) is 0 Å². The molecule has 0 unspecified atom stereocenters. The average molecular weight is 348 g/mol. The number of hydrogen-bond donors (Lipinski definition) is 2. The highest BCUT2D eigenvalue weighted by Gasteiger charge is 2.25. The lowest BCUT2D eigenvalue weighted by atomic mass is 10.3. The van der Waals surface area contributed by atoms with E-state index >= 15 is 0 Å². The summed E-state index contributed by atoms with van der Waals surface area (Å²) in [5.41, 5.74) is 0.324. The van der Waals surface area contributed by atoms with Crippen molar-refractivity contribution in [2.45, 2.75) is 16.7 Å². The molecule has 24 heavy (non-hydrogen) atoms. The molecule has 0 bridgehead atoms. The van der Waals surface area contributed by atoms with Crippen LogP contribution < -0.4 is 15.4 Å². The lowest BCUT2D eigenvalue weighted by Crippen LogP contribution is -2.29. The molecule has 0 aromatic heterocycles. The van der Waals surface area contributed by atoms with Gasteiger partial charge in [0.1, 0.15) is 10.6 Å². The molecule has 0 aliphatic rings. The molecule has 2 rings (SSSR count). The van der Waals surface area contributed by atoms with E-state index in [2.05, 4.69) is 10.6 Å². The maximum atomic E-state index is 13.0. The van der Waals surface area contributed by atoms with Crippen LogP contribution in [0.1, 0.15) is 6.92 Å². The number of ether oxygens (including phenoxy) is 1. The summed E-state index contributed by atoms with van der Waals surface area (Å²) >= 11 is 0. The first-order valence-electron chi connectivity index (χ1n) is 7.48. The van der Waals surface area contributed by atoms with E-state index in [9.17, 15) is 13.2 Å². The Balaban J connectivity index is 2.46. The first kappa shape index (κ1) is 17.8. The zero-order valence-electron chi connectivity index (χ0n) is 13.6. The van der Waals surface area contributed by atoms with E-state index < -0.39 is 9.84 Å². The molecule has 0 aliphatic carbocycles. The monoisotopic (exact) mass is 348 g/mol. The topological polar surface area (TPSA) is 84.5 Å². The number of methoxy groups -OCH3 is 1. The highest BCUT2D eigenvalue weighted by atomic mass is 32.2. The van der Waals surface area contributed by atoms with E-state index in [4.69, 9.17) is 4.74 Å². The first-order valence-corrected chi connectivity index (χ1v) is 8.96.